The van der Waals surface area contributed by atoms with Crippen molar-refractivity contribution >= 4 is 5.91 Å². The molecule has 0 aliphatic carbocycles. The zero-order valence-electron chi connectivity index (χ0n) is 7.75. The first kappa shape index (κ1) is 7.85. The summed E-state index contributed by atoms with van der Waals surface area (Å²) in [6, 6.07) is 7.87. The van der Waals surface area contributed by atoms with Gasteiger partial charge < -0.3 is 10.1 Å². The first-order chi connectivity index (χ1) is 6.80. The molecule has 1 amide bonds. The zero-order valence-corrected chi connectivity index (χ0v) is 7.75. The molecule has 14 heavy (non-hydrogen) atoms. The lowest BCUT2D eigenvalue weighted by molar-refractivity contribution is -0.131. The number of para-hydroxylation sites is 1. The number of carbonyl (C=O) groups excluding carboxylic acids is 1. The van der Waals surface area contributed by atoms with Gasteiger partial charge in [-0.25, -0.2) is 0 Å². The molecule has 1 fully saturated rings. The number of hydrogen-bond acceptors (Lipinski definition) is 2. The fourth-order valence-corrected chi connectivity index (χ4v) is 2.22. The predicted octanol–water partition coefficient (Wildman–Crippen LogP) is 0.880. The van der Waals surface area contributed by atoms with Crippen molar-refractivity contribution in [1.82, 2.24) is 5.32 Å². The van der Waals surface area contributed by atoms with Gasteiger partial charge in [0, 0.05) is 19.4 Å². The smallest absolute Gasteiger partial charge is 0.264 e. The third-order valence-electron chi connectivity index (χ3n) is 2.98. The summed E-state index contributed by atoms with van der Waals surface area (Å²) < 4.78 is 5.76. The van der Waals surface area contributed by atoms with Gasteiger partial charge in [-0.3, -0.25) is 4.79 Å². The largest absolute Gasteiger partial charge is 0.477 e. The van der Waals surface area contributed by atoms with Crippen LogP contribution in [0, 0.1) is 0 Å². The third-order valence-corrected chi connectivity index (χ3v) is 2.98. The minimum atomic E-state index is -0.594. The second kappa shape index (κ2) is 2.50. The standard InChI is InChI=1S/C11H11NO2/c13-10-11(5-6-12-10)7-8-3-1-2-4-9(8)14-11/h1-4H,5-7H2,(H,12,13). The van der Waals surface area contributed by atoms with Crippen LogP contribution < -0.4 is 10.1 Å². The first-order valence-corrected chi connectivity index (χ1v) is 4.85. The van der Waals surface area contributed by atoms with E-state index in [0.29, 0.717) is 0 Å². The molecule has 0 saturated carbocycles. The molecule has 0 radical (unpaired) electrons. The Morgan fingerprint density at radius 3 is 2.93 bits per heavy atom. The number of ether oxygens (including phenoxy) is 1. The molecule has 2 heterocycles. The average Bonchev–Trinajstić information content (AvgIpc) is 2.71. The maximum absolute atomic E-state index is 11.6. The van der Waals surface area contributed by atoms with Crippen molar-refractivity contribution in [3.63, 3.8) is 0 Å². The van der Waals surface area contributed by atoms with E-state index in [2.05, 4.69) is 5.32 Å². The molecule has 1 unspecified atom stereocenters. The van der Waals surface area contributed by atoms with E-state index in [4.69, 9.17) is 4.74 Å². The highest BCUT2D eigenvalue weighted by Crippen LogP contribution is 2.38. The monoisotopic (exact) mass is 189 g/mol. The molecule has 1 spiro atoms. The van der Waals surface area contributed by atoms with Gasteiger partial charge in [0.05, 0.1) is 0 Å². The number of rotatable bonds is 0. The molecular weight excluding hydrogens is 178 g/mol. The Hall–Kier alpha value is -1.51. The van der Waals surface area contributed by atoms with Crippen molar-refractivity contribution in [3.05, 3.63) is 29.8 Å². The number of carbonyl (C=O) groups is 1. The second-order valence-electron chi connectivity index (χ2n) is 3.89. The van der Waals surface area contributed by atoms with Gasteiger partial charge in [-0.2, -0.15) is 0 Å². The van der Waals surface area contributed by atoms with E-state index in [1.165, 1.54) is 0 Å². The summed E-state index contributed by atoms with van der Waals surface area (Å²) in [5.41, 5.74) is 0.550. The lowest BCUT2D eigenvalue weighted by Crippen LogP contribution is -2.42. The quantitative estimate of drug-likeness (QED) is 0.658. The van der Waals surface area contributed by atoms with Crippen LogP contribution in [-0.2, 0) is 11.2 Å². The Labute approximate surface area is 82.1 Å². The zero-order chi connectivity index (χ0) is 9.60. The van der Waals surface area contributed by atoms with E-state index in [1.54, 1.807) is 0 Å². The lowest BCUT2D eigenvalue weighted by atomic mass is 9.96. The van der Waals surface area contributed by atoms with Gasteiger partial charge in [-0.15, -0.1) is 0 Å². The summed E-state index contributed by atoms with van der Waals surface area (Å²) in [5, 5.41) is 2.82. The number of fused-ring (bicyclic) bond motifs is 1. The van der Waals surface area contributed by atoms with Crippen molar-refractivity contribution in [2.75, 3.05) is 6.54 Å². The van der Waals surface area contributed by atoms with E-state index in [0.717, 1.165) is 30.7 Å². The number of benzene rings is 1. The summed E-state index contributed by atoms with van der Waals surface area (Å²) in [6.07, 6.45) is 1.50. The normalized spacial score (nSPS) is 28.7. The van der Waals surface area contributed by atoms with Gasteiger partial charge in [-0.05, 0) is 11.6 Å². The molecule has 2 aliphatic rings. The van der Waals surface area contributed by atoms with Gasteiger partial charge >= 0.3 is 0 Å². The molecule has 1 atom stereocenters. The van der Waals surface area contributed by atoms with E-state index in [9.17, 15) is 4.79 Å². The Kier molecular flexibility index (Phi) is 1.40. The van der Waals surface area contributed by atoms with Gasteiger partial charge in [0.1, 0.15) is 5.75 Å². The molecule has 3 heteroatoms. The summed E-state index contributed by atoms with van der Waals surface area (Å²) in [6.45, 7) is 0.729. The molecule has 0 bridgehead atoms. The van der Waals surface area contributed by atoms with Gasteiger partial charge in [0.15, 0.2) is 5.60 Å². The van der Waals surface area contributed by atoms with Crippen molar-refractivity contribution in [2.45, 2.75) is 18.4 Å². The van der Waals surface area contributed by atoms with Gasteiger partial charge in [0.25, 0.3) is 5.91 Å². The highest BCUT2D eigenvalue weighted by molar-refractivity contribution is 5.89. The fourth-order valence-electron chi connectivity index (χ4n) is 2.22. The number of hydrogen-bond donors (Lipinski definition) is 1. The molecular formula is C11H11NO2. The minimum Gasteiger partial charge on any atom is -0.477 e. The summed E-state index contributed by atoms with van der Waals surface area (Å²) in [4.78, 5) is 11.6. The predicted molar refractivity (Wildman–Crippen MR) is 51.1 cm³/mol. The first-order valence-electron chi connectivity index (χ1n) is 4.85. The van der Waals surface area contributed by atoms with Crippen molar-refractivity contribution in [2.24, 2.45) is 0 Å². The highest BCUT2D eigenvalue weighted by atomic mass is 16.5. The lowest BCUT2D eigenvalue weighted by Gasteiger charge is -2.18. The Bertz CT molecular complexity index is 375. The second-order valence-corrected chi connectivity index (χ2v) is 3.89. The van der Waals surface area contributed by atoms with Crippen molar-refractivity contribution in [1.29, 1.82) is 0 Å². The van der Waals surface area contributed by atoms with E-state index in [-0.39, 0.29) is 5.91 Å². The van der Waals surface area contributed by atoms with Gasteiger partial charge in [0.2, 0.25) is 0 Å². The number of amides is 1. The molecule has 1 aromatic carbocycles. The van der Waals surface area contributed by atoms with E-state index < -0.39 is 5.60 Å². The SMILES string of the molecule is O=C1NCCC12Cc1ccccc1O2. The molecule has 1 aromatic rings. The average molecular weight is 189 g/mol. The van der Waals surface area contributed by atoms with Crippen molar-refractivity contribution in [3.8, 4) is 5.75 Å². The van der Waals surface area contributed by atoms with Crippen LogP contribution in [0.5, 0.6) is 5.75 Å². The summed E-state index contributed by atoms with van der Waals surface area (Å²) in [7, 11) is 0. The molecule has 3 rings (SSSR count). The molecule has 1 saturated heterocycles. The Balaban J connectivity index is 2.01. The summed E-state index contributed by atoms with van der Waals surface area (Å²) in [5.74, 6) is 0.901. The minimum absolute atomic E-state index is 0.0358. The van der Waals surface area contributed by atoms with E-state index in [1.807, 2.05) is 24.3 Å². The van der Waals surface area contributed by atoms with Crippen LogP contribution in [0.2, 0.25) is 0 Å². The highest BCUT2D eigenvalue weighted by Gasteiger charge is 2.48. The van der Waals surface area contributed by atoms with Crippen LogP contribution in [0.3, 0.4) is 0 Å². The Morgan fingerprint density at radius 2 is 2.21 bits per heavy atom. The Morgan fingerprint density at radius 1 is 1.36 bits per heavy atom. The summed E-state index contributed by atoms with van der Waals surface area (Å²) >= 11 is 0. The number of nitrogens with one attached hydrogen (secondary N) is 1. The van der Waals surface area contributed by atoms with Crippen LogP contribution in [0.4, 0.5) is 0 Å². The fraction of sp³-hybridized carbons (Fsp3) is 0.364. The van der Waals surface area contributed by atoms with E-state index >= 15 is 0 Å². The molecule has 3 nitrogen and oxygen atoms in total. The van der Waals surface area contributed by atoms with Crippen LogP contribution >= 0.6 is 0 Å². The molecule has 0 aromatic heterocycles. The van der Waals surface area contributed by atoms with Gasteiger partial charge in [-0.1, -0.05) is 18.2 Å². The van der Waals surface area contributed by atoms with Crippen LogP contribution in [0.15, 0.2) is 24.3 Å². The molecule has 72 valence electrons. The van der Waals surface area contributed by atoms with Crippen LogP contribution in [-0.4, -0.2) is 18.1 Å². The van der Waals surface area contributed by atoms with Crippen LogP contribution in [0.25, 0.3) is 0 Å². The topological polar surface area (TPSA) is 38.3 Å². The van der Waals surface area contributed by atoms with Crippen molar-refractivity contribution < 1.29 is 9.53 Å². The third kappa shape index (κ3) is 0.895. The molecule has 2 aliphatic heterocycles. The van der Waals surface area contributed by atoms with Crippen LogP contribution in [0.1, 0.15) is 12.0 Å². The maximum atomic E-state index is 11.6. The molecule has 1 N–H and O–H groups in total. The maximum Gasteiger partial charge on any atom is 0.264 e.